The lowest BCUT2D eigenvalue weighted by atomic mass is 9.72. The molecule has 18 nitrogen and oxygen atoms in total. The highest BCUT2D eigenvalue weighted by molar-refractivity contribution is 6.31. The van der Waals surface area contributed by atoms with Crippen LogP contribution in [0.15, 0.2) is 48.7 Å². The van der Waals surface area contributed by atoms with Gasteiger partial charge in [-0.2, -0.15) is 0 Å². The van der Waals surface area contributed by atoms with E-state index in [0.29, 0.717) is 31.5 Å². The van der Waals surface area contributed by atoms with Gasteiger partial charge in [0.25, 0.3) is 0 Å². The number of unbranched alkanes of at least 4 members (excludes halogenated alkanes) is 1. The maximum Gasteiger partial charge on any atom is 0.344 e. The first-order valence-corrected chi connectivity index (χ1v) is 21.3. The molecule has 2 unspecified atom stereocenters. The number of hydrogen-bond donors (Lipinski definition) is 8. The molecule has 3 saturated heterocycles. The number of aliphatic hydroxyl groups excluding tert-OH is 2. The van der Waals surface area contributed by atoms with Gasteiger partial charge in [-0.1, -0.05) is 30.3 Å². The summed E-state index contributed by atoms with van der Waals surface area (Å²) in [6, 6.07) is 11.3. The molecule has 3 fully saturated rings. The van der Waals surface area contributed by atoms with Gasteiger partial charge >= 0.3 is 5.97 Å². The van der Waals surface area contributed by atoms with Gasteiger partial charge < -0.3 is 69.3 Å². The number of fused-ring (bicyclic) bond motifs is 5. The number of benzene rings is 3. The van der Waals surface area contributed by atoms with Gasteiger partial charge in [0, 0.05) is 72.1 Å². The molecule has 0 spiro atoms. The maximum atomic E-state index is 14.0. The van der Waals surface area contributed by atoms with Crippen LogP contribution in [0.3, 0.4) is 0 Å². The van der Waals surface area contributed by atoms with E-state index in [0.717, 1.165) is 10.9 Å². The standard InChI is InChI=1S/C46H50N2O16/c1-21-37(51)27(47-13-6-7-14-48-19-23(24-9-4-5-11-28(24)48)16-45(58)43(56)64-42-29(50)20-61-46(42,45)59)15-32(62-21)63-31-18-44(57,22(2)49)17-26-34(31)41(55)36-35(39(26)53)38(52)25-10-8-12-30(60-3)33(25)40(36)54/h4-5,8-12,19,21,27,29,31-32,37,42,47,50-51,53,55,57-59H,6-7,13-18,20H2,1-3H3/t21-,27-,29-,31-,32?,37+,42?,44-,45-,46-/m0/s1. The number of para-hydroxylation sites is 1. The lowest BCUT2D eigenvalue weighted by Gasteiger charge is -2.43. The van der Waals surface area contributed by atoms with Gasteiger partial charge in [-0.05, 0) is 50.9 Å². The van der Waals surface area contributed by atoms with Gasteiger partial charge in [-0.15, -0.1) is 0 Å². The second-order valence-corrected chi connectivity index (χ2v) is 17.5. The molecule has 4 heterocycles. The first-order valence-electron chi connectivity index (χ1n) is 21.3. The number of Topliss-reactive ketones (excluding diaryl/α,β-unsaturated/α-hetero) is 1. The van der Waals surface area contributed by atoms with Crippen LogP contribution >= 0.6 is 0 Å². The van der Waals surface area contributed by atoms with Crippen molar-refractivity contribution < 1.29 is 78.6 Å². The summed E-state index contributed by atoms with van der Waals surface area (Å²) in [6.07, 6.45) is -4.82. The van der Waals surface area contributed by atoms with E-state index in [1.54, 1.807) is 13.1 Å². The third-order valence-corrected chi connectivity index (χ3v) is 13.7. The minimum atomic E-state index is -2.45. The topological polar surface area (TPSA) is 273 Å². The second kappa shape index (κ2) is 16.0. The lowest BCUT2D eigenvalue weighted by Crippen LogP contribution is -2.59. The summed E-state index contributed by atoms with van der Waals surface area (Å²) >= 11 is 0. The quantitative estimate of drug-likeness (QED) is 0.0499. The Hall–Kier alpha value is -5.28. The Kier molecular flexibility index (Phi) is 11.0. The largest absolute Gasteiger partial charge is 0.507 e. The summed E-state index contributed by atoms with van der Waals surface area (Å²) in [7, 11) is 1.33. The van der Waals surface area contributed by atoms with Crippen LogP contribution < -0.4 is 10.1 Å². The molecule has 340 valence electrons. The average Bonchev–Trinajstić information content (AvgIpc) is 3.83. The Labute approximate surface area is 365 Å². The highest BCUT2D eigenvalue weighted by Gasteiger charge is 2.73. The van der Waals surface area contributed by atoms with Gasteiger partial charge in [0.1, 0.15) is 29.0 Å². The van der Waals surface area contributed by atoms with E-state index in [2.05, 4.69) is 5.32 Å². The summed E-state index contributed by atoms with van der Waals surface area (Å²) in [6.45, 7) is 3.50. The molecule has 0 bridgehead atoms. The number of ether oxygens (including phenoxy) is 5. The van der Waals surface area contributed by atoms with Crippen molar-refractivity contribution in [2.24, 2.45) is 0 Å². The Bertz CT molecular complexity index is 2590. The zero-order valence-electron chi connectivity index (χ0n) is 35.3. The zero-order valence-corrected chi connectivity index (χ0v) is 35.3. The molecule has 0 amide bonds. The minimum Gasteiger partial charge on any atom is -0.507 e. The van der Waals surface area contributed by atoms with Crippen molar-refractivity contribution in [2.45, 2.75) is 119 Å². The van der Waals surface area contributed by atoms with Gasteiger partial charge in [0.05, 0.1) is 48.7 Å². The molecule has 3 aliphatic heterocycles. The van der Waals surface area contributed by atoms with Crippen LogP contribution in [0.2, 0.25) is 0 Å². The fourth-order valence-corrected chi connectivity index (χ4v) is 10.2. The average molecular weight is 887 g/mol. The number of carbonyl (C=O) groups is 4. The number of ketones is 3. The molecule has 18 heteroatoms. The third-order valence-electron chi connectivity index (χ3n) is 13.7. The zero-order chi connectivity index (χ0) is 45.6. The molecular weight excluding hydrogens is 837 g/mol. The highest BCUT2D eigenvalue weighted by Crippen LogP contribution is 2.53. The minimum absolute atomic E-state index is 0.0440. The number of carbonyl (C=O) groups excluding carboxylic acids is 4. The van der Waals surface area contributed by atoms with E-state index in [1.165, 1.54) is 32.2 Å². The Morgan fingerprint density at radius 3 is 2.47 bits per heavy atom. The van der Waals surface area contributed by atoms with Gasteiger partial charge in [-0.25, -0.2) is 4.79 Å². The number of rotatable bonds is 12. The van der Waals surface area contributed by atoms with E-state index in [4.69, 9.17) is 23.7 Å². The van der Waals surface area contributed by atoms with Crippen LogP contribution in [0, 0.1) is 0 Å². The Balaban J connectivity index is 0.897. The van der Waals surface area contributed by atoms with Crippen LogP contribution in [0.4, 0.5) is 0 Å². The molecular formula is C46H50N2O16. The van der Waals surface area contributed by atoms with Crippen molar-refractivity contribution in [1.82, 2.24) is 9.88 Å². The summed E-state index contributed by atoms with van der Waals surface area (Å²) < 4.78 is 30.3. The van der Waals surface area contributed by atoms with Crippen LogP contribution in [0.1, 0.15) is 94.2 Å². The highest BCUT2D eigenvalue weighted by atomic mass is 16.7. The van der Waals surface area contributed by atoms with E-state index < -0.39 is 112 Å². The summed E-state index contributed by atoms with van der Waals surface area (Å²) in [5, 5.41) is 83.3. The van der Waals surface area contributed by atoms with Crippen molar-refractivity contribution in [1.29, 1.82) is 0 Å². The van der Waals surface area contributed by atoms with Gasteiger partial charge in [-0.3, -0.25) is 14.4 Å². The number of phenolic OH excluding ortho intramolecular Hbond substituents is 2. The molecule has 64 heavy (non-hydrogen) atoms. The molecule has 1 aromatic heterocycles. The number of aromatic hydroxyl groups is 2. The molecule has 3 aromatic carbocycles. The van der Waals surface area contributed by atoms with Crippen molar-refractivity contribution in [3.8, 4) is 17.2 Å². The smallest absolute Gasteiger partial charge is 0.344 e. The summed E-state index contributed by atoms with van der Waals surface area (Å²) in [5.41, 5.74) is -4.38. The molecule has 5 aliphatic rings. The van der Waals surface area contributed by atoms with Crippen molar-refractivity contribution in [2.75, 3.05) is 20.3 Å². The Morgan fingerprint density at radius 1 is 0.969 bits per heavy atom. The lowest BCUT2D eigenvalue weighted by molar-refractivity contribution is -0.262. The number of esters is 1. The van der Waals surface area contributed by atoms with Crippen LogP contribution in [-0.2, 0) is 47.9 Å². The molecule has 10 atom stereocenters. The molecule has 0 saturated carbocycles. The summed E-state index contributed by atoms with van der Waals surface area (Å²) in [4.78, 5) is 53.6. The number of nitrogens with zero attached hydrogens (tertiary/aromatic N) is 1. The van der Waals surface area contributed by atoms with Gasteiger partial charge in [0.2, 0.25) is 17.2 Å². The van der Waals surface area contributed by atoms with E-state index in [-0.39, 0.29) is 53.9 Å². The number of aryl methyl sites for hydroxylation is 1. The van der Waals surface area contributed by atoms with Crippen LogP contribution in [-0.4, -0.2) is 138 Å². The fraction of sp³-hybridized carbons (Fsp3) is 0.478. The fourth-order valence-electron chi connectivity index (χ4n) is 10.2. The number of aromatic nitrogens is 1. The van der Waals surface area contributed by atoms with Crippen molar-refractivity contribution >= 4 is 34.2 Å². The monoisotopic (exact) mass is 886 g/mol. The number of hydrogen-bond acceptors (Lipinski definition) is 17. The molecule has 4 aromatic rings. The van der Waals surface area contributed by atoms with E-state index in [9.17, 15) is 54.9 Å². The van der Waals surface area contributed by atoms with E-state index in [1.807, 2.05) is 28.8 Å². The molecule has 2 aliphatic carbocycles. The van der Waals surface area contributed by atoms with E-state index >= 15 is 0 Å². The first-order chi connectivity index (χ1) is 30.4. The normalized spacial score (nSPS) is 31.9. The number of methoxy groups -OCH3 is 1. The van der Waals surface area contributed by atoms with Crippen LogP contribution in [0.25, 0.3) is 10.9 Å². The molecule has 9 rings (SSSR count). The predicted octanol–water partition coefficient (Wildman–Crippen LogP) is 1.37. The SMILES string of the molecule is COc1cccc2c1C(=O)c1c(O)c3c(c(O)c1C2=O)C[C@@](O)(C(C)=O)C[C@@H]3OC1C[C@H](NCCCCn2cc(C[C@]3(O)C(=O)OC4[C@@H](O)CO[C@@]43O)c3ccccc32)[C@H](O)[C@H](C)O1. The Morgan fingerprint density at radius 2 is 1.72 bits per heavy atom. The van der Waals surface area contributed by atoms with Crippen molar-refractivity contribution in [3.05, 3.63) is 87.6 Å². The van der Waals surface area contributed by atoms with Crippen molar-refractivity contribution in [3.63, 3.8) is 0 Å². The number of phenols is 2. The molecule has 0 radical (unpaired) electrons. The first kappa shape index (κ1) is 43.9. The predicted molar refractivity (Wildman–Crippen MR) is 221 cm³/mol. The van der Waals surface area contributed by atoms with Gasteiger partial charge in [0.15, 0.2) is 24.0 Å². The maximum absolute atomic E-state index is 14.0. The second-order valence-electron chi connectivity index (χ2n) is 17.5. The summed E-state index contributed by atoms with van der Waals surface area (Å²) in [5.74, 6) is -6.87. The number of aliphatic hydroxyl groups is 5. The van der Waals surface area contributed by atoms with Crippen LogP contribution in [0.5, 0.6) is 17.2 Å². The third kappa shape index (κ3) is 6.73. The number of nitrogens with one attached hydrogen (secondary N) is 1. The molecule has 8 N–H and O–H groups in total.